The molecule has 0 amide bonds. The van der Waals surface area contributed by atoms with Gasteiger partial charge in [0.2, 0.25) is 0 Å². The molecule has 0 atom stereocenters. The van der Waals surface area contributed by atoms with Gasteiger partial charge in [0.25, 0.3) is 0 Å². The molecule has 0 bridgehead atoms. The van der Waals surface area contributed by atoms with Crippen molar-refractivity contribution >= 4 is 5.82 Å². The lowest BCUT2D eigenvalue weighted by Gasteiger charge is -2.16. The van der Waals surface area contributed by atoms with E-state index in [9.17, 15) is 13.2 Å². The van der Waals surface area contributed by atoms with Crippen LogP contribution in [0.5, 0.6) is 0 Å². The summed E-state index contributed by atoms with van der Waals surface area (Å²) in [6.45, 7) is 0.458. The van der Waals surface area contributed by atoms with Gasteiger partial charge in [0, 0.05) is 13.2 Å². The summed E-state index contributed by atoms with van der Waals surface area (Å²) >= 11 is 0. The van der Waals surface area contributed by atoms with Crippen molar-refractivity contribution in [3.8, 4) is 6.07 Å². The number of pyridine rings is 1. The molecule has 7 heteroatoms. The lowest BCUT2D eigenvalue weighted by atomic mass is 10.0. The van der Waals surface area contributed by atoms with Crippen LogP contribution in [0.4, 0.5) is 19.0 Å². The molecular weight excluding hydrogens is 271 g/mol. The summed E-state index contributed by atoms with van der Waals surface area (Å²) in [6.07, 6.45) is -2.10. The minimum atomic E-state index is -4.53. The fourth-order valence-corrected chi connectivity index (χ4v) is 2.04. The second kappa shape index (κ2) is 5.29. The SMILES string of the molecule is N#Cc1ccc(C(F)(F)F)nc1NCC1(CCO)CC1. The zero-order valence-corrected chi connectivity index (χ0v) is 10.7. The van der Waals surface area contributed by atoms with Crippen molar-refractivity contribution in [1.29, 1.82) is 5.26 Å². The van der Waals surface area contributed by atoms with E-state index in [0.29, 0.717) is 13.0 Å². The number of hydrogen-bond donors (Lipinski definition) is 2. The fourth-order valence-electron chi connectivity index (χ4n) is 2.04. The van der Waals surface area contributed by atoms with Crippen molar-refractivity contribution in [3.05, 3.63) is 23.4 Å². The molecule has 2 N–H and O–H groups in total. The zero-order valence-electron chi connectivity index (χ0n) is 10.7. The first-order valence-electron chi connectivity index (χ1n) is 6.23. The van der Waals surface area contributed by atoms with Crippen LogP contribution in [-0.2, 0) is 6.18 Å². The summed E-state index contributed by atoms with van der Waals surface area (Å²) in [7, 11) is 0. The lowest BCUT2D eigenvalue weighted by Crippen LogP contribution is -2.19. The van der Waals surface area contributed by atoms with E-state index in [1.54, 1.807) is 0 Å². The number of aliphatic hydroxyl groups is 1. The van der Waals surface area contributed by atoms with Crippen LogP contribution in [0.25, 0.3) is 0 Å². The first-order chi connectivity index (χ1) is 9.40. The number of nitriles is 1. The summed E-state index contributed by atoms with van der Waals surface area (Å²) in [5, 5.41) is 20.7. The second-order valence-corrected chi connectivity index (χ2v) is 5.03. The molecule has 0 aromatic carbocycles. The standard InChI is InChI=1S/C13H14F3N3O/c14-13(15,16)10-2-1-9(7-17)11(19-10)18-8-12(3-4-12)5-6-20/h1-2,20H,3-6,8H2,(H,18,19). The maximum atomic E-state index is 12.6. The van der Waals surface area contributed by atoms with Crippen LogP contribution >= 0.6 is 0 Å². The van der Waals surface area contributed by atoms with Crippen LogP contribution in [0.15, 0.2) is 12.1 Å². The van der Waals surface area contributed by atoms with Crippen LogP contribution in [0.3, 0.4) is 0 Å². The van der Waals surface area contributed by atoms with E-state index >= 15 is 0 Å². The van der Waals surface area contributed by atoms with Crippen molar-refractivity contribution in [2.24, 2.45) is 5.41 Å². The average Bonchev–Trinajstić information content (AvgIpc) is 3.15. The lowest BCUT2D eigenvalue weighted by molar-refractivity contribution is -0.141. The van der Waals surface area contributed by atoms with Crippen molar-refractivity contribution < 1.29 is 18.3 Å². The Hall–Kier alpha value is -1.81. The first-order valence-corrected chi connectivity index (χ1v) is 6.23. The van der Waals surface area contributed by atoms with Gasteiger partial charge in [-0.05, 0) is 36.8 Å². The van der Waals surface area contributed by atoms with Gasteiger partial charge in [-0.3, -0.25) is 0 Å². The van der Waals surface area contributed by atoms with E-state index in [4.69, 9.17) is 10.4 Å². The number of nitrogens with one attached hydrogen (secondary N) is 1. The molecule has 0 aliphatic heterocycles. The van der Waals surface area contributed by atoms with E-state index in [-0.39, 0.29) is 23.4 Å². The molecule has 1 aromatic heterocycles. The maximum absolute atomic E-state index is 12.6. The highest BCUT2D eigenvalue weighted by Gasteiger charge is 2.42. The van der Waals surface area contributed by atoms with E-state index in [2.05, 4.69) is 10.3 Å². The molecule has 20 heavy (non-hydrogen) atoms. The molecule has 1 aliphatic rings. The van der Waals surface area contributed by atoms with Crippen molar-refractivity contribution in [1.82, 2.24) is 4.98 Å². The molecule has 2 rings (SSSR count). The Bertz CT molecular complexity index is 533. The van der Waals surface area contributed by atoms with Gasteiger partial charge in [-0.1, -0.05) is 0 Å². The molecule has 0 unspecified atom stereocenters. The number of aliphatic hydroxyl groups excluding tert-OH is 1. The third-order valence-corrected chi connectivity index (χ3v) is 3.54. The van der Waals surface area contributed by atoms with Gasteiger partial charge in [0.05, 0.1) is 5.56 Å². The monoisotopic (exact) mass is 285 g/mol. The normalized spacial score (nSPS) is 16.6. The first kappa shape index (κ1) is 14.6. The van der Waals surface area contributed by atoms with Crippen LogP contribution in [-0.4, -0.2) is 23.2 Å². The van der Waals surface area contributed by atoms with Crippen molar-refractivity contribution in [2.45, 2.75) is 25.4 Å². The van der Waals surface area contributed by atoms with Crippen LogP contribution in [0.1, 0.15) is 30.5 Å². The maximum Gasteiger partial charge on any atom is 0.433 e. The Morgan fingerprint density at radius 3 is 2.60 bits per heavy atom. The number of hydrogen-bond acceptors (Lipinski definition) is 4. The number of nitrogens with zero attached hydrogens (tertiary/aromatic N) is 2. The topological polar surface area (TPSA) is 68.9 Å². The Morgan fingerprint density at radius 2 is 2.10 bits per heavy atom. The van der Waals surface area contributed by atoms with Crippen LogP contribution in [0, 0.1) is 16.7 Å². The van der Waals surface area contributed by atoms with E-state index in [0.717, 1.165) is 25.0 Å². The third-order valence-electron chi connectivity index (χ3n) is 3.54. The third kappa shape index (κ3) is 3.20. The summed E-state index contributed by atoms with van der Waals surface area (Å²) in [6, 6.07) is 3.73. The van der Waals surface area contributed by atoms with Crippen LogP contribution < -0.4 is 5.32 Å². The number of aromatic nitrogens is 1. The Balaban J connectivity index is 2.15. The van der Waals surface area contributed by atoms with Gasteiger partial charge in [0.15, 0.2) is 0 Å². The molecule has 0 spiro atoms. The molecule has 1 saturated carbocycles. The number of rotatable bonds is 5. The molecule has 0 radical (unpaired) electrons. The highest BCUT2D eigenvalue weighted by Crippen LogP contribution is 2.48. The molecule has 1 aromatic rings. The quantitative estimate of drug-likeness (QED) is 0.872. The van der Waals surface area contributed by atoms with Gasteiger partial charge in [-0.2, -0.15) is 18.4 Å². The van der Waals surface area contributed by atoms with Gasteiger partial charge >= 0.3 is 6.18 Å². The molecule has 1 fully saturated rings. The Kier molecular flexibility index (Phi) is 3.86. The number of alkyl halides is 3. The molecule has 0 saturated heterocycles. The van der Waals surface area contributed by atoms with Gasteiger partial charge < -0.3 is 10.4 Å². The molecular formula is C13H14F3N3O. The van der Waals surface area contributed by atoms with E-state index < -0.39 is 11.9 Å². The summed E-state index contributed by atoms with van der Waals surface area (Å²) in [5.74, 6) is -0.0495. The van der Waals surface area contributed by atoms with E-state index in [1.807, 2.05) is 6.07 Å². The second-order valence-electron chi connectivity index (χ2n) is 5.03. The smallest absolute Gasteiger partial charge is 0.396 e. The largest absolute Gasteiger partial charge is 0.433 e. The number of halogens is 3. The highest BCUT2D eigenvalue weighted by molar-refractivity contribution is 5.52. The minimum Gasteiger partial charge on any atom is -0.396 e. The predicted octanol–water partition coefficient (Wildman–Crippen LogP) is 2.55. The van der Waals surface area contributed by atoms with Crippen molar-refractivity contribution in [2.75, 3.05) is 18.5 Å². The van der Waals surface area contributed by atoms with Crippen LogP contribution in [0.2, 0.25) is 0 Å². The molecule has 1 aliphatic carbocycles. The average molecular weight is 285 g/mol. The highest BCUT2D eigenvalue weighted by atomic mass is 19.4. The van der Waals surface area contributed by atoms with Gasteiger partial charge in [0.1, 0.15) is 17.6 Å². The van der Waals surface area contributed by atoms with Gasteiger partial charge in [-0.15, -0.1) is 0 Å². The minimum absolute atomic E-state index is 0.0445. The summed E-state index contributed by atoms with van der Waals surface area (Å²) < 4.78 is 37.8. The fraction of sp³-hybridized carbons (Fsp3) is 0.538. The Morgan fingerprint density at radius 1 is 1.40 bits per heavy atom. The van der Waals surface area contributed by atoms with Crippen molar-refractivity contribution in [3.63, 3.8) is 0 Å². The summed E-state index contributed by atoms with van der Waals surface area (Å²) in [4.78, 5) is 3.48. The van der Waals surface area contributed by atoms with Gasteiger partial charge in [-0.25, -0.2) is 4.98 Å². The molecule has 4 nitrogen and oxygen atoms in total. The zero-order chi connectivity index (χ0) is 14.8. The summed E-state index contributed by atoms with van der Waals surface area (Å²) in [5.41, 5.74) is -1.01. The molecule has 108 valence electrons. The van der Waals surface area contributed by atoms with E-state index in [1.165, 1.54) is 0 Å². The molecule has 1 heterocycles. The number of anilines is 1. The Labute approximate surface area is 114 Å². The predicted molar refractivity (Wildman–Crippen MR) is 65.8 cm³/mol.